The van der Waals surface area contributed by atoms with Crippen molar-refractivity contribution in [1.82, 2.24) is 20.1 Å². The van der Waals surface area contributed by atoms with Crippen LogP contribution >= 0.6 is 12.4 Å². The molecule has 1 unspecified atom stereocenters. The Labute approximate surface area is 165 Å². The molecular formula is C20H24ClN5O. The van der Waals surface area contributed by atoms with Gasteiger partial charge in [0.1, 0.15) is 0 Å². The maximum absolute atomic E-state index is 5.49. The topological polar surface area (TPSA) is 67.9 Å². The van der Waals surface area contributed by atoms with Gasteiger partial charge in [0.2, 0.25) is 5.95 Å². The minimum Gasteiger partial charge on any atom is -0.356 e. The lowest BCUT2D eigenvalue weighted by molar-refractivity contribution is 0.426. The van der Waals surface area contributed by atoms with Gasteiger partial charge in [-0.2, -0.15) is 0 Å². The van der Waals surface area contributed by atoms with Gasteiger partial charge in [0.15, 0.2) is 5.76 Å². The number of anilines is 1. The highest BCUT2D eigenvalue weighted by Gasteiger charge is 2.22. The molecule has 3 aromatic rings. The van der Waals surface area contributed by atoms with Crippen molar-refractivity contribution in [3.8, 4) is 22.6 Å². The van der Waals surface area contributed by atoms with Crippen molar-refractivity contribution in [1.29, 1.82) is 0 Å². The first-order chi connectivity index (χ1) is 12.6. The molecule has 0 aromatic carbocycles. The molecule has 1 atom stereocenters. The first-order valence-corrected chi connectivity index (χ1v) is 9.09. The van der Waals surface area contributed by atoms with E-state index < -0.39 is 0 Å². The molecule has 3 aromatic heterocycles. The van der Waals surface area contributed by atoms with E-state index >= 15 is 0 Å². The van der Waals surface area contributed by atoms with Crippen LogP contribution in [0.5, 0.6) is 0 Å². The molecule has 0 radical (unpaired) electrons. The summed E-state index contributed by atoms with van der Waals surface area (Å²) in [6.45, 7) is 8.18. The van der Waals surface area contributed by atoms with Gasteiger partial charge in [-0.25, -0.2) is 9.97 Å². The van der Waals surface area contributed by atoms with Crippen molar-refractivity contribution in [2.24, 2.45) is 5.92 Å². The highest BCUT2D eigenvalue weighted by molar-refractivity contribution is 5.85. The Balaban J connectivity index is 0.00000210. The zero-order valence-corrected chi connectivity index (χ0v) is 16.7. The van der Waals surface area contributed by atoms with E-state index in [1.54, 1.807) is 6.20 Å². The Kier molecular flexibility index (Phi) is 5.75. The number of aromatic nitrogens is 4. The first-order valence-electron chi connectivity index (χ1n) is 9.09. The minimum atomic E-state index is 0. The van der Waals surface area contributed by atoms with Crippen LogP contribution in [0.15, 0.2) is 35.1 Å². The number of aryl methyl sites for hydroxylation is 2. The monoisotopic (exact) mass is 385 g/mol. The summed E-state index contributed by atoms with van der Waals surface area (Å²) in [6.07, 6.45) is 6.09. The summed E-state index contributed by atoms with van der Waals surface area (Å²) in [5, 5.41) is 4.02. The SMILES string of the molecule is Cc1cc(-c2cnc(N3CCCC(C)C3)nc2-c2cccnc2C)on1.Cl. The normalized spacial score (nSPS) is 16.9. The van der Waals surface area contributed by atoms with Gasteiger partial charge in [-0.3, -0.25) is 4.98 Å². The van der Waals surface area contributed by atoms with Crippen LogP contribution in [-0.2, 0) is 0 Å². The van der Waals surface area contributed by atoms with E-state index in [-0.39, 0.29) is 12.4 Å². The van der Waals surface area contributed by atoms with E-state index in [0.29, 0.717) is 11.7 Å². The van der Waals surface area contributed by atoms with Gasteiger partial charge >= 0.3 is 0 Å². The average molecular weight is 386 g/mol. The molecular weight excluding hydrogens is 362 g/mol. The molecule has 0 aliphatic carbocycles. The van der Waals surface area contributed by atoms with Crippen molar-refractivity contribution < 1.29 is 4.52 Å². The zero-order chi connectivity index (χ0) is 18.1. The number of hydrogen-bond acceptors (Lipinski definition) is 6. The fourth-order valence-electron chi connectivity index (χ4n) is 3.51. The van der Waals surface area contributed by atoms with Crippen LogP contribution in [0.4, 0.5) is 5.95 Å². The molecule has 4 heterocycles. The quantitative estimate of drug-likeness (QED) is 0.662. The van der Waals surface area contributed by atoms with Crippen molar-refractivity contribution in [2.45, 2.75) is 33.6 Å². The second-order valence-corrected chi connectivity index (χ2v) is 7.09. The third-order valence-corrected chi connectivity index (χ3v) is 4.87. The third kappa shape index (κ3) is 3.95. The van der Waals surface area contributed by atoms with Crippen LogP contribution in [0.25, 0.3) is 22.6 Å². The van der Waals surface area contributed by atoms with Gasteiger partial charge in [0.05, 0.1) is 17.0 Å². The van der Waals surface area contributed by atoms with E-state index in [4.69, 9.17) is 9.51 Å². The summed E-state index contributed by atoms with van der Waals surface area (Å²) >= 11 is 0. The summed E-state index contributed by atoms with van der Waals surface area (Å²) in [6, 6.07) is 5.89. The molecule has 1 aliphatic heterocycles. The van der Waals surface area contributed by atoms with Crippen LogP contribution in [0, 0.1) is 19.8 Å². The Hall–Kier alpha value is -2.47. The fraction of sp³-hybridized carbons (Fsp3) is 0.400. The summed E-state index contributed by atoms with van der Waals surface area (Å²) in [7, 11) is 0. The van der Waals surface area contributed by atoms with Gasteiger partial charge in [-0.05, 0) is 44.7 Å². The van der Waals surface area contributed by atoms with E-state index in [9.17, 15) is 0 Å². The molecule has 4 rings (SSSR count). The lowest BCUT2D eigenvalue weighted by atomic mass is 10.0. The summed E-state index contributed by atoms with van der Waals surface area (Å²) in [5.41, 5.74) is 4.44. The van der Waals surface area contributed by atoms with E-state index in [0.717, 1.165) is 47.2 Å². The Morgan fingerprint density at radius 2 is 2.04 bits per heavy atom. The van der Waals surface area contributed by atoms with Crippen molar-refractivity contribution >= 4 is 18.4 Å². The van der Waals surface area contributed by atoms with Gasteiger partial charge < -0.3 is 9.42 Å². The van der Waals surface area contributed by atoms with E-state index in [2.05, 4.69) is 26.9 Å². The molecule has 27 heavy (non-hydrogen) atoms. The van der Waals surface area contributed by atoms with Gasteiger partial charge in [-0.1, -0.05) is 12.1 Å². The van der Waals surface area contributed by atoms with Crippen molar-refractivity contribution in [2.75, 3.05) is 18.0 Å². The number of rotatable bonds is 3. The minimum absolute atomic E-state index is 0. The predicted molar refractivity (Wildman–Crippen MR) is 108 cm³/mol. The number of pyridine rings is 1. The molecule has 0 amide bonds. The second kappa shape index (κ2) is 8.05. The summed E-state index contributed by atoms with van der Waals surface area (Å²) in [5.74, 6) is 2.11. The van der Waals surface area contributed by atoms with Crippen LogP contribution in [0.2, 0.25) is 0 Å². The van der Waals surface area contributed by atoms with Crippen LogP contribution in [-0.4, -0.2) is 33.2 Å². The summed E-state index contributed by atoms with van der Waals surface area (Å²) in [4.78, 5) is 16.3. The zero-order valence-electron chi connectivity index (χ0n) is 15.8. The number of nitrogens with zero attached hydrogens (tertiary/aromatic N) is 5. The average Bonchev–Trinajstić information content (AvgIpc) is 3.08. The Morgan fingerprint density at radius 3 is 2.74 bits per heavy atom. The molecule has 142 valence electrons. The van der Waals surface area contributed by atoms with E-state index in [1.165, 1.54) is 12.8 Å². The molecule has 1 fully saturated rings. The number of halogens is 1. The van der Waals surface area contributed by atoms with Gasteiger partial charge in [-0.15, -0.1) is 12.4 Å². The molecule has 6 nitrogen and oxygen atoms in total. The molecule has 0 bridgehead atoms. The molecule has 0 saturated carbocycles. The van der Waals surface area contributed by atoms with Gasteiger partial charge in [0, 0.05) is 42.8 Å². The number of piperidine rings is 1. The Morgan fingerprint density at radius 1 is 1.19 bits per heavy atom. The largest absolute Gasteiger partial charge is 0.356 e. The maximum atomic E-state index is 5.49. The molecule has 0 N–H and O–H groups in total. The second-order valence-electron chi connectivity index (χ2n) is 7.09. The predicted octanol–water partition coefficient (Wildman–Crippen LogP) is 4.47. The van der Waals surface area contributed by atoms with Gasteiger partial charge in [0.25, 0.3) is 0 Å². The molecule has 7 heteroatoms. The highest BCUT2D eigenvalue weighted by atomic mass is 35.5. The molecule has 1 aliphatic rings. The van der Waals surface area contributed by atoms with Crippen LogP contribution in [0.1, 0.15) is 31.2 Å². The molecule has 1 saturated heterocycles. The Bertz CT molecular complexity index is 926. The van der Waals surface area contributed by atoms with Crippen LogP contribution < -0.4 is 4.90 Å². The number of hydrogen-bond donors (Lipinski definition) is 0. The molecule has 0 spiro atoms. The van der Waals surface area contributed by atoms with E-state index in [1.807, 2.05) is 38.2 Å². The van der Waals surface area contributed by atoms with Crippen LogP contribution in [0.3, 0.4) is 0 Å². The lowest BCUT2D eigenvalue weighted by Crippen LogP contribution is -2.35. The standard InChI is InChI=1S/C20H23N5O.ClH/c1-13-6-5-9-25(12-13)20-22-11-17(18-10-14(2)24-26-18)19(23-20)16-7-4-8-21-15(16)3;/h4,7-8,10-11,13H,5-6,9,12H2,1-3H3;1H. The summed E-state index contributed by atoms with van der Waals surface area (Å²) < 4.78 is 5.49. The maximum Gasteiger partial charge on any atom is 0.225 e. The lowest BCUT2D eigenvalue weighted by Gasteiger charge is -2.31. The smallest absolute Gasteiger partial charge is 0.225 e. The first kappa shape index (κ1) is 19.3. The fourth-order valence-corrected chi connectivity index (χ4v) is 3.51. The highest BCUT2D eigenvalue weighted by Crippen LogP contribution is 2.33. The van der Waals surface area contributed by atoms with Crippen molar-refractivity contribution in [3.63, 3.8) is 0 Å². The third-order valence-electron chi connectivity index (χ3n) is 4.87. The van der Waals surface area contributed by atoms with Crippen molar-refractivity contribution in [3.05, 3.63) is 42.0 Å².